The number of aryl methyl sites for hydroxylation is 1. The molecule has 2 N–H and O–H groups in total. The molecule has 2 aromatic rings. The zero-order valence-corrected chi connectivity index (χ0v) is 15.8. The van der Waals surface area contributed by atoms with Crippen LogP contribution in [0.2, 0.25) is 0 Å². The highest BCUT2D eigenvalue weighted by Gasteiger charge is 2.21. The summed E-state index contributed by atoms with van der Waals surface area (Å²) in [5.41, 5.74) is 2.95. The number of ether oxygens (including phenoxy) is 1. The third-order valence-corrected chi connectivity index (χ3v) is 5.46. The number of benzene rings is 1. The maximum absolute atomic E-state index is 5.49. The van der Waals surface area contributed by atoms with Crippen molar-refractivity contribution in [3.8, 4) is 0 Å². The lowest BCUT2D eigenvalue weighted by atomic mass is 9.88. The van der Waals surface area contributed by atoms with Crippen molar-refractivity contribution in [2.75, 3.05) is 19.8 Å². The number of fused-ring (bicyclic) bond motifs is 1. The van der Waals surface area contributed by atoms with Crippen molar-refractivity contribution in [2.24, 2.45) is 4.99 Å². The monoisotopic (exact) mass is 367 g/mol. The lowest BCUT2D eigenvalue weighted by Gasteiger charge is -2.30. The summed E-state index contributed by atoms with van der Waals surface area (Å²) in [7, 11) is 0. The van der Waals surface area contributed by atoms with Crippen LogP contribution in [0.15, 0.2) is 52.1 Å². The Hall–Kier alpha value is -2.27. The van der Waals surface area contributed by atoms with Crippen molar-refractivity contribution in [1.82, 2.24) is 10.6 Å². The maximum Gasteiger partial charge on any atom is 0.191 e. The first-order valence-electron chi connectivity index (χ1n) is 10.1. The van der Waals surface area contributed by atoms with Gasteiger partial charge in [-0.2, -0.15) is 0 Å². The molecule has 27 heavy (non-hydrogen) atoms. The van der Waals surface area contributed by atoms with E-state index in [1.165, 1.54) is 11.1 Å². The van der Waals surface area contributed by atoms with Crippen LogP contribution in [0.3, 0.4) is 0 Å². The van der Waals surface area contributed by atoms with Gasteiger partial charge in [-0.05, 0) is 55.4 Å². The largest absolute Gasteiger partial charge is 0.469 e. The van der Waals surface area contributed by atoms with Gasteiger partial charge in [-0.3, -0.25) is 4.99 Å². The minimum Gasteiger partial charge on any atom is -0.469 e. The number of hydrogen-bond donors (Lipinski definition) is 2. The summed E-state index contributed by atoms with van der Waals surface area (Å²) in [6.07, 6.45) is 7.94. The van der Waals surface area contributed by atoms with E-state index in [0.29, 0.717) is 12.1 Å². The molecule has 4 rings (SSSR count). The van der Waals surface area contributed by atoms with Crippen molar-refractivity contribution in [2.45, 2.75) is 50.6 Å². The van der Waals surface area contributed by atoms with Crippen LogP contribution in [0.25, 0.3) is 0 Å². The minimum absolute atomic E-state index is 0.426. The van der Waals surface area contributed by atoms with Gasteiger partial charge in [0.05, 0.1) is 6.26 Å². The molecule has 1 atom stereocenters. The summed E-state index contributed by atoms with van der Waals surface area (Å²) in [6, 6.07) is 13.6. The first kappa shape index (κ1) is 18.1. The molecule has 0 saturated carbocycles. The van der Waals surface area contributed by atoms with Crippen LogP contribution < -0.4 is 10.6 Å². The van der Waals surface area contributed by atoms with Gasteiger partial charge in [0.15, 0.2) is 5.96 Å². The SMILES string of the molecule is c1coc(CCN=C(NC2CCOCC2)NC2CCc3ccccc3C2)c1. The van der Waals surface area contributed by atoms with E-state index in [-0.39, 0.29) is 0 Å². The van der Waals surface area contributed by atoms with Crippen molar-refractivity contribution in [3.63, 3.8) is 0 Å². The molecule has 1 unspecified atom stereocenters. The summed E-state index contributed by atoms with van der Waals surface area (Å²) in [6.45, 7) is 2.37. The summed E-state index contributed by atoms with van der Waals surface area (Å²) in [4.78, 5) is 4.84. The number of aliphatic imine (C=N–C) groups is 1. The Morgan fingerprint density at radius 3 is 2.59 bits per heavy atom. The van der Waals surface area contributed by atoms with Crippen molar-refractivity contribution in [1.29, 1.82) is 0 Å². The summed E-state index contributed by atoms with van der Waals surface area (Å²) < 4.78 is 10.9. The second kappa shape index (κ2) is 9.09. The van der Waals surface area contributed by atoms with E-state index in [4.69, 9.17) is 14.1 Å². The Balaban J connectivity index is 1.39. The molecule has 1 aromatic carbocycles. The molecule has 144 valence electrons. The van der Waals surface area contributed by atoms with Crippen LogP contribution in [0, 0.1) is 0 Å². The predicted molar refractivity (Wildman–Crippen MR) is 107 cm³/mol. The number of nitrogens with one attached hydrogen (secondary N) is 2. The van der Waals surface area contributed by atoms with E-state index in [1.54, 1.807) is 6.26 Å². The second-order valence-corrected chi connectivity index (χ2v) is 7.44. The van der Waals surface area contributed by atoms with Crippen molar-refractivity contribution < 1.29 is 9.15 Å². The Bertz CT molecular complexity index is 736. The lowest BCUT2D eigenvalue weighted by Crippen LogP contribution is -2.50. The highest BCUT2D eigenvalue weighted by Crippen LogP contribution is 2.21. The van der Waals surface area contributed by atoms with Crippen LogP contribution in [-0.4, -0.2) is 37.8 Å². The van der Waals surface area contributed by atoms with E-state index in [0.717, 1.165) is 70.0 Å². The Labute approximate surface area is 161 Å². The van der Waals surface area contributed by atoms with Gasteiger partial charge in [0.2, 0.25) is 0 Å². The van der Waals surface area contributed by atoms with Gasteiger partial charge in [0, 0.05) is 38.3 Å². The van der Waals surface area contributed by atoms with Crippen LogP contribution in [-0.2, 0) is 24.0 Å². The molecule has 0 bridgehead atoms. The fourth-order valence-electron chi connectivity index (χ4n) is 3.92. The molecule has 2 heterocycles. The van der Waals surface area contributed by atoms with Crippen molar-refractivity contribution in [3.05, 3.63) is 59.5 Å². The number of guanidine groups is 1. The zero-order valence-electron chi connectivity index (χ0n) is 15.8. The molecular weight excluding hydrogens is 338 g/mol. The molecule has 1 aliphatic carbocycles. The van der Waals surface area contributed by atoms with E-state index in [9.17, 15) is 0 Å². The normalized spacial score (nSPS) is 20.9. The number of furan rings is 1. The quantitative estimate of drug-likeness (QED) is 0.630. The standard InChI is InChI=1S/C22H29N3O2/c1-2-5-18-16-20(8-7-17(18)4-1)25-22(24-19-10-14-26-15-11-19)23-12-9-21-6-3-13-27-21/h1-6,13,19-20H,7-12,14-16H2,(H2,23,24,25). The summed E-state index contributed by atoms with van der Waals surface area (Å²) >= 11 is 0. The molecule has 5 heteroatoms. The van der Waals surface area contributed by atoms with Gasteiger partial charge in [-0.25, -0.2) is 0 Å². The first-order valence-corrected chi connectivity index (χ1v) is 10.1. The maximum atomic E-state index is 5.49. The summed E-state index contributed by atoms with van der Waals surface area (Å²) in [5, 5.41) is 7.33. The molecule has 0 spiro atoms. The fourth-order valence-corrected chi connectivity index (χ4v) is 3.92. The first-order chi connectivity index (χ1) is 13.4. The van der Waals surface area contributed by atoms with Crippen LogP contribution in [0.4, 0.5) is 0 Å². The third-order valence-electron chi connectivity index (χ3n) is 5.46. The van der Waals surface area contributed by atoms with E-state index < -0.39 is 0 Å². The average molecular weight is 367 g/mol. The molecule has 0 amide bonds. The highest BCUT2D eigenvalue weighted by molar-refractivity contribution is 5.80. The lowest BCUT2D eigenvalue weighted by molar-refractivity contribution is 0.0821. The molecule has 5 nitrogen and oxygen atoms in total. The van der Waals surface area contributed by atoms with Gasteiger partial charge in [0.1, 0.15) is 5.76 Å². The van der Waals surface area contributed by atoms with Crippen LogP contribution in [0.5, 0.6) is 0 Å². The fraction of sp³-hybridized carbons (Fsp3) is 0.500. The molecule has 1 aliphatic heterocycles. The molecular formula is C22H29N3O2. The molecule has 1 aromatic heterocycles. The van der Waals surface area contributed by atoms with Gasteiger partial charge in [-0.15, -0.1) is 0 Å². The number of rotatable bonds is 5. The molecule has 2 aliphatic rings. The molecule has 1 fully saturated rings. The van der Waals surface area contributed by atoms with Crippen LogP contribution in [0.1, 0.15) is 36.1 Å². The molecule has 1 saturated heterocycles. The Morgan fingerprint density at radius 1 is 0.963 bits per heavy atom. The smallest absolute Gasteiger partial charge is 0.191 e. The van der Waals surface area contributed by atoms with E-state index in [1.807, 2.05) is 12.1 Å². The minimum atomic E-state index is 0.426. The van der Waals surface area contributed by atoms with Gasteiger partial charge in [0.25, 0.3) is 0 Å². The van der Waals surface area contributed by atoms with E-state index in [2.05, 4.69) is 34.9 Å². The van der Waals surface area contributed by atoms with Gasteiger partial charge >= 0.3 is 0 Å². The number of hydrogen-bond acceptors (Lipinski definition) is 3. The van der Waals surface area contributed by atoms with E-state index >= 15 is 0 Å². The van der Waals surface area contributed by atoms with Crippen molar-refractivity contribution >= 4 is 5.96 Å². The predicted octanol–water partition coefficient (Wildman–Crippen LogP) is 3.09. The van der Waals surface area contributed by atoms with Crippen LogP contribution >= 0.6 is 0 Å². The second-order valence-electron chi connectivity index (χ2n) is 7.44. The third kappa shape index (κ3) is 5.13. The zero-order chi connectivity index (χ0) is 18.3. The highest BCUT2D eigenvalue weighted by atomic mass is 16.5. The van der Waals surface area contributed by atoms with Gasteiger partial charge < -0.3 is 19.8 Å². The average Bonchev–Trinajstić information content (AvgIpc) is 3.22. The Morgan fingerprint density at radius 2 is 1.78 bits per heavy atom. The number of nitrogens with zero attached hydrogens (tertiary/aromatic N) is 1. The molecule has 0 radical (unpaired) electrons. The Kier molecular flexibility index (Phi) is 6.10. The topological polar surface area (TPSA) is 58.8 Å². The summed E-state index contributed by atoms with van der Waals surface area (Å²) in [5.74, 6) is 1.91. The van der Waals surface area contributed by atoms with Gasteiger partial charge in [-0.1, -0.05) is 24.3 Å².